The van der Waals surface area contributed by atoms with Crippen LogP contribution in [0.5, 0.6) is 0 Å². The Morgan fingerprint density at radius 2 is 1.80 bits per heavy atom. The molecular formula is C18H21N5O6S. The maximum absolute atomic E-state index is 12.4. The van der Waals surface area contributed by atoms with Gasteiger partial charge in [-0.25, -0.2) is 22.9 Å². The summed E-state index contributed by atoms with van der Waals surface area (Å²) in [6.07, 6.45) is 1.39. The van der Waals surface area contributed by atoms with Crippen molar-refractivity contribution in [1.29, 1.82) is 0 Å². The zero-order valence-corrected chi connectivity index (χ0v) is 17.5. The molecule has 1 aromatic carbocycles. The number of rotatable bonds is 7. The minimum absolute atomic E-state index is 0.00249. The fourth-order valence-electron chi connectivity index (χ4n) is 2.95. The van der Waals surface area contributed by atoms with Gasteiger partial charge in [0.1, 0.15) is 6.61 Å². The smallest absolute Gasteiger partial charge is 0.332 e. The van der Waals surface area contributed by atoms with Gasteiger partial charge < -0.3 is 9.30 Å². The van der Waals surface area contributed by atoms with Crippen LogP contribution in [0.3, 0.4) is 0 Å². The number of carbonyl (C=O) groups is 1. The lowest BCUT2D eigenvalue weighted by Crippen LogP contribution is -2.37. The van der Waals surface area contributed by atoms with Crippen molar-refractivity contribution in [2.75, 3.05) is 13.7 Å². The van der Waals surface area contributed by atoms with Crippen molar-refractivity contribution < 1.29 is 17.9 Å². The number of imidazole rings is 1. The summed E-state index contributed by atoms with van der Waals surface area (Å²) < 4.78 is 34.7. The van der Waals surface area contributed by atoms with Gasteiger partial charge in [0.15, 0.2) is 11.2 Å². The first-order valence-electron chi connectivity index (χ1n) is 8.94. The molecule has 160 valence electrons. The highest BCUT2D eigenvalue weighted by molar-refractivity contribution is 7.89. The minimum atomic E-state index is -3.54. The van der Waals surface area contributed by atoms with E-state index in [1.807, 2.05) is 0 Å². The van der Waals surface area contributed by atoms with Crippen LogP contribution in [-0.4, -0.2) is 46.7 Å². The van der Waals surface area contributed by atoms with Crippen LogP contribution in [-0.2, 0) is 46.6 Å². The minimum Gasteiger partial charge on any atom is -0.464 e. The summed E-state index contributed by atoms with van der Waals surface area (Å²) in [6, 6.07) is 5.90. The molecule has 11 nitrogen and oxygen atoms in total. The molecule has 0 saturated carbocycles. The average Bonchev–Trinajstić information content (AvgIpc) is 3.15. The predicted molar refractivity (Wildman–Crippen MR) is 108 cm³/mol. The number of esters is 1. The molecule has 3 rings (SSSR count). The molecule has 0 saturated heterocycles. The van der Waals surface area contributed by atoms with E-state index in [1.165, 1.54) is 48.7 Å². The van der Waals surface area contributed by atoms with Crippen molar-refractivity contribution in [3.63, 3.8) is 0 Å². The highest BCUT2D eigenvalue weighted by atomic mass is 32.2. The summed E-state index contributed by atoms with van der Waals surface area (Å²) >= 11 is 0. The number of fused-ring (bicyclic) bond motifs is 1. The van der Waals surface area contributed by atoms with Crippen LogP contribution in [0, 0.1) is 0 Å². The van der Waals surface area contributed by atoms with Crippen molar-refractivity contribution in [1.82, 2.24) is 23.4 Å². The summed E-state index contributed by atoms with van der Waals surface area (Å²) in [5.74, 6) is -0.496. The normalized spacial score (nSPS) is 11.7. The van der Waals surface area contributed by atoms with Crippen molar-refractivity contribution in [3.8, 4) is 0 Å². The van der Waals surface area contributed by atoms with Gasteiger partial charge in [0.05, 0.1) is 24.2 Å². The lowest BCUT2D eigenvalue weighted by molar-refractivity contribution is -0.143. The zero-order chi connectivity index (χ0) is 22.1. The Hall–Kier alpha value is -3.25. The fourth-order valence-corrected chi connectivity index (χ4v) is 3.68. The van der Waals surface area contributed by atoms with Crippen molar-refractivity contribution in [2.45, 2.75) is 17.9 Å². The lowest BCUT2D eigenvalue weighted by Gasteiger charge is -2.08. The fraction of sp³-hybridized carbons (Fsp3) is 0.333. The predicted octanol–water partition coefficient (Wildman–Crippen LogP) is -0.872. The molecule has 0 fully saturated rings. The number of aryl methyl sites for hydroxylation is 1. The number of sulfonamides is 1. The van der Waals surface area contributed by atoms with Gasteiger partial charge in [0, 0.05) is 14.1 Å². The maximum Gasteiger partial charge on any atom is 0.332 e. The van der Waals surface area contributed by atoms with E-state index in [4.69, 9.17) is 4.74 Å². The molecule has 0 amide bonds. The van der Waals surface area contributed by atoms with E-state index in [0.717, 1.165) is 4.57 Å². The molecule has 1 N–H and O–H groups in total. The standard InChI is InChI=1S/C18H21N5O6S/c1-19-30(27,28)13-6-4-12(5-7-13)10-14(24)29-9-8-23-11-20-16-15(23)17(25)22(3)18(26)21(16)2/h4-7,11,19H,8-10H2,1-3H3. The number of ether oxygens (including phenoxy) is 1. The second-order valence-corrected chi connectivity index (χ2v) is 8.45. The monoisotopic (exact) mass is 435 g/mol. The molecule has 0 unspecified atom stereocenters. The van der Waals surface area contributed by atoms with Gasteiger partial charge in [-0.2, -0.15) is 0 Å². The number of hydrogen-bond acceptors (Lipinski definition) is 7. The Kier molecular flexibility index (Phi) is 5.89. The number of hydrogen-bond donors (Lipinski definition) is 1. The molecule has 0 aliphatic carbocycles. The van der Waals surface area contributed by atoms with Gasteiger partial charge >= 0.3 is 11.7 Å². The summed E-state index contributed by atoms with van der Waals surface area (Å²) in [6.45, 7) is 0.192. The van der Waals surface area contributed by atoms with Gasteiger partial charge in [-0.3, -0.25) is 18.7 Å². The summed E-state index contributed by atoms with van der Waals surface area (Å²) in [5, 5.41) is 0. The third-order valence-electron chi connectivity index (χ3n) is 4.66. The van der Waals surface area contributed by atoms with Gasteiger partial charge in [0.25, 0.3) is 5.56 Å². The van der Waals surface area contributed by atoms with Crippen LogP contribution in [0.15, 0.2) is 45.1 Å². The van der Waals surface area contributed by atoms with Crippen LogP contribution >= 0.6 is 0 Å². The van der Waals surface area contributed by atoms with E-state index in [9.17, 15) is 22.8 Å². The number of nitrogens with one attached hydrogen (secondary N) is 1. The molecule has 0 aliphatic heterocycles. The molecule has 12 heteroatoms. The Balaban J connectivity index is 1.64. The summed E-state index contributed by atoms with van der Waals surface area (Å²) in [4.78, 5) is 40.6. The van der Waals surface area contributed by atoms with Crippen molar-refractivity contribution in [3.05, 3.63) is 57.0 Å². The molecular weight excluding hydrogens is 414 g/mol. The molecule has 0 atom stereocenters. The van der Waals surface area contributed by atoms with E-state index in [-0.39, 0.29) is 35.6 Å². The molecule has 0 bridgehead atoms. The zero-order valence-electron chi connectivity index (χ0n) is 16.7. The largest absolute Gasteiger partial charge is 0.464 e. The lowest BCUT2D eigenvalue weighted by atomic mass is 10.1. The van der Waals surface area contributed by atoms with Gasteiger partial charge in [-0.1, -0.05) is 12.1 Å². The van der Waals surface area contributed by atoms with Crippen LogP contribution in [0.4, 0.5) is 0 Å². The van der Waals surface area contributed by atoms with E-state index < -0.39 is 27.2 Å². The van der Waals surface area contributed by atoms with E-state index in [0.29, 0.717) is 5.56 Å². The molecule has 0 spiro atoms. The number of aromatic nitrogens is 4. The van der Waals surface area contributed by atoms with Crippen LogP contribution in [0.25, 0.3) is 11.2 Å². The number of benzene rings is 1. The SMILES string of the molecule is CNS(=O)(=O)c1ccc(CC(=O)OCCn2cnc3c2c(=O)n(C)c(=O)n3C)cc1. The first-order valence-corrected chi connectivity index (χ1v) is 10.4. The Morgan fingerprint density at radius 1 is 1.13 bits per heavy atom. The first kappa shape index (κ1) is 21.5. The highest BCUT2D eigenvalue weighted by Crippen LogP contribution is 2.11. The van der Waals surface area contributed by atoms with Crippen LogP contribution in [0.2, 0.25) is 0 Å². The van der Waals surface area contributed by atoms with Crippen molar-refractivity contribution in [2.24, 2.45) is 14.1 Å². The topological polar surface area (TPSA) is 134 Å². The molecule has 2 heterocycles. The van der Waals surface area contributed by atoms with E-state index in [2.05, 4.69) is 9.71 Å². The van der Waals surface area contributed by atoms with E-state index >= 15 is 0 Å². The highest BCUT2D eigenvalue weighted by Gasteiger charge is 2.15. The third kappa shape index (κ3) is 4.04. The summed E-state index contributed by atoms with van der Waals surface area (Å²) in [5.41, 5.74) is 0.154. The first-order chi connectivity index (χ1) is 14.2. The molecule has 2 aromatic heterocycles. The molecule has 3 aromatic rings. The molecule has 30 heavy (non-hydrogen) atoms. The Bertz CT molecular complexity index is 1320. The van der Waals surface area contributed by atoms with Gasteiger partial charge in [-0.05, 0) is 24.7 Å². The van der Waals surface area contributed by atoms with Gasteiger partial charge in [0.2, 0.25) is 10.0 Å². The van der Waals surface area contributed by atoms with Gasteiger partial charge in [-0.15, -0.1) is 0 Å². The van der Waals surface area contributed by atoms with Crippen LogP contribution in [0.1, 0.15) is 5.56 Å². The van der Waals surface area contributed by atoms with Crippen molar-refractivity contribution >= 4 is 27.2 Å². The second-order valence-electron chi connectivity index (χ2n) is 6.56. The second kappa shape index (κ2) is 8.24. The maximum atomic E-state index is 12.4. The summed E-state index contributed by atoms with van der Waals surface area (Å²) in [7, 11) is 0.688. The van der Waals surface area contributed by atoms with Crippen LogP contribution < -0.4 is 16.0 Å². The molecule has 0 aliphatic rings. The molecule has 0 radical (unpaired) electrons. The Labute approximate surface area is 171 Å². The number of carbonyl (C=O) groups excluding carboxylic acids is 1. The Morgan fingerprint density at radius 3 is 2.43 bits per heavy atom. The number of nitrogens with zero attached hydrogens (tertiary/aromatic N) is 4. The third-order valence-corrected chi connectivity index (χ3v) is 6.09. The quantitative estimate of drug-likeness (QED) is 0.477. The van der Waals surface area contributed by atoms with E-state index in [1.54, 1.807) is 12.1 Å². The average molecular weight is 435 g/mol.